The monoisotopic (exact) mass is 446 g/mol. The predicted molar refractivity (Wildman–Crippen MR) is 141 cm³/mol. The van der Waals surface area contributed by atoms with Crippen LogP contribution in [-0.2, 0) is 16.6 Å². The van der Waals surface area contributed by atoms with Gasteiger partial charge < -0.3 is 9.47 Å². The van der Waals surface area contributed by atoms with E-state index in [0.29, 0.717) is 0 Å². The van der Waals surface area contributed by atoms with Crippen molar-refractivity contribution in [3.8, 4) is 5.69 Å². The maximum Gasteiger partial charge on any atom is 0.150 e. The molecule has 0 radical (unpaired) electrons. The van der Waals surface area contributed by atoms with E-state index in [1.165, 1.54) is 22.4 Å². The highest BCUT2D eigenvalue weighted by Crippen LogP contribution is 2.44. The van der Waals surface area contributed by atoms with Crippen LogP contribution in [0.5, 0.6) is 0 Å². The Morgan fingerprint density at radius 3 is 2.26 bits per heavy atom. The van der Waals surface area contributed by atoms with Gasteiger partial charge in [-0.05, 0) is 72.9 Å². The number of aldehydes is 1. The smallest absolute Gasteiger partial charge is 0.150 e. The number of fused-ring (bicyclic) bond motifs is 1. The average Bonchev–Trinajstić information content (AvgIpc) is 3.41. The largest absolute Gasteiger partial charge is 0.372 e. The van der Waals surface area contributed by atoms with Gasteiger partial charge in [-0.3, -0.25) is 4.79 Å². The van der Waals surface area contributed by atoms with Crippen LogP contribution >= 0.6 is 0 Å². The lowest BCUT2D eigenvalue weighted by Gasteiger charge is -2.36. The fourth-order valence-corrected chi connectivity index (χ4v) is 5.27. The summed E-state index contributed by atoms with van der Waals surface area (Å²) >= 11 is 0. The first-order valence-electron chi connectivity index (χ1n) is 12.0. The van der Waals surface area contributed by atoms with Crippen molar-refractivity contribution in [2.45, 2.75) is 25.7 Å². The first-order valence-corrected chi connectivity index (χ1v) is 12.0. The van der Waals surface area contributed by atoms with Crippen molar-refractivity contribution in [1.82, 2.24) is 4.57 Å². The molecule has 0 amide bonds. The average molecular weight is 447 g/mol. The molecule has 0 saturated heterocycles. The minimum Gasteiger partial charge on any atom is -0.372 e. The Kier molecular flexibility index (Phi) is 5.93. The number of para-hydroxylation sites is 1. The summed E-state index contributed by atoms with van der Waals surface area (Å²) in [7, 11) is 0. The van der Waals surface area contributed by atoms with Crippen molar-refractivity contribution in [3.63, 3.8) is 0 Å². The number of hydrogen-bond acceptors (Lipinski definition) is 2. The zero-order valence-electron chi connectivity index (χ0n) is 19.8. The summed E-state index contributed by atoms with van der Waals surface area (Å²) in [6.45, 7) is 6.32. The molecule has 1 aromatic heterocycles. The van der Waals surface area contributed by atoms with Crippen LogP contribution in [0.15, 0.2) is 103 Å². The molecule has 1 aliphatic carbocycles. The van der Waals surface area contributed by atoms with E-state index in [1.54, 1.807) is 0 Å². The summed E-state index contributed by atoms with van der Waals surface area (Å²) in [5.74, 6) is 0. The fraction of sp³-hybridized carbons (Fsp3) is 0.194. The number of nitrogens with zero attached hydrogens (tertiary/aromatic N) is 2. The molecule has 3 nitrogen and oxygen atoms in total. The molecule has 0 fully saturated rings. The Morgan fingerprint density at radius 1 is 0.853 bits per heavy atom. The maximum atomic E-state index is 12.2. The lowest BCUT2D eigenvalue weighted by molar-refractivity contribution is -0.103. The normalized spacial score (nSPS) is 17.1. The Labute approximate surface area is 202 Å². The highest BCUT2D eigenvalue weighted by atomic mass is 16.1. The summed E-state index contributed by atoms with van der Waals surface area (Å²) in [5, 5.41) is 0. The van der Waals surface area contributed by atoms with Crippen molar-refractivity contribution in [1.29, 1.82) is 0 Å². The molecule has 0 N–H and O–H groups in total. The van der Waals surface area contributed by atoms with E-state index >= 15 is 0 Å². The number of benzene rings is 3. The topological polar surface area (TPSA) is 25.2 Å². The van der Waals surface area contributed by atoms with Crippen LogP contribution in [0.3, 0.4) is 0 Å². The fourth-order valence-electron chi connectivity index (χ4n) is 5.27. The van der Waals surface area contributed by atoms with Gasteiger partial charge in [0.25, 0.3) is 0 Å². The molecule has 170 valence electrons. The van der Waals surface area contributed by atoms with Crippen molar-refractivity contribution < 1.29 is 4.79 Å². The number of rotatable bonds is 7. The summed E-state index contributed by atoms with van der Waals surface area (Å²) in [6.07, 6.45) is 8.32. The zero-order valence-corrected chi connectivity index (χ0v) is 19.8. The molecule has 3 heteroatoms. The van der Waals surface area contributed by atoms with Gasteiger partial charge in [-0.1, -0.05) is 60.7 Å². The molecular formula is C31H30N2O. The van der Waals surface area contributed by atoms with E-state index in [1.807, 2.05) is 12.1 Å². The van der Waals surface area contributed by atoms with E-state index in [-0.39, 0.29) is 0 Å². The van der Waals surface area contributed by atoms with Gasteiger partial charge in [0.1, 0.15) is 6.29 Å². The summed E-state index contributed by atoms with van der Waals surface area (Å²) < 4.78 is 2.16. The van der Waals surface area contributed by atoms with Crippen molar-refractivity contribution in [2.24, 2.45) is 0 Å². The Bertz CT molecular complexity index is 1310. The molecule has 1 aliphatic rings. The van der Waals surface area contributed by atoms with Gasteiger partial charge in [0.05, 0.1) is 0 Å². The van der Waals surface area contributed by atoms with Crippen LogP contribution in [0.25, 0.3) is 11.3 Å². The van der Waals surface area contributed by atoms with Gasteiger partial charge in [-0.2, -0.15) is 0 Å². The number of carbonyl (C=O) groups excluding carboxylic acids is 1. The van der Waals surface area contributed by atoms with Gasteiger partial charge in [-0.25, -0.2) is 0 Å². The molecule has 1 atom stereocenters. The summed E-state index contributed by atoms with van der Waals surface area (Å²) in [6, 6.07) is 29.7. The SMILES string of the molecule is CCN(CC)c1ccc(C2(c3ccn(-c4ccccc4)c3)C=C(C=O)c3ccccc3C2)cc1. The third kappa shape index (κ3) is 3.77. The maximum absolute atomic E-state index is 12.2. The van der Waals surface area contributed by atoms with Gasteiger partial charge in [-0.15, -0.1) is 0 Å². The second kappa shape index (κ2) is 9.18. The number of allylic oxidation sites excluding steroid dienone is 2. The minimum atomic E-state index is -0.424. The van der Waals surface area contributed by atoms with Crippen LogP contribution in [0.1, 0.15) is 36.1 Å². The third-order valence-corrected chi connectivity index (χ3v) is 7.10. The summed E-state index contributed by atoms with van der Waals surface area (Å²) in [5.41, 5.74) is 7.29. The van der Waals surface area contributed by atoms with Gasteiger partial charge in [0.2, 0.25) is 0 Å². The minimum absolute atomic E-state index is 0.424. The first-order chi connectivity index (χ1) is 16.7. The molecule has 3 aromatic carbocycles. The van der Waals surface area contributed by atoms with Crippen LogP contribution in [-0.4, -0.2) is 23.9 Å². The van der Waals surface area contributed by atoms with E-state index in [4.69, 9.17) is 0 Å². The van der Waals surface area contributed by atoms with Crippen LogP contribution in [0.2, 0.25) is 0 Å². The standard InChI is InChI=1S/C31H30N2O/c1-3-32(4-2)29-16-14-26(15-17-29)31(20-24-10-8-9-13-30(24)25(21-31)23-34)27-18-19-33(22-27)28-11-6-5-7-12-28/h5-19,21-23H,3-4,20H2,1-2H3. The van der Waals surface area contributed by atoms with E-state index < -0.39 is 5.41 Å². The molecule has 1 unspecified atom stereocenters. The molecule has 1 heterocycles. The number of carbonyl (C=O) groups is 1. The number of aromatic nitrogens is 1. The molecular weight excluding hydrogens is 416 g/mol. The molecule has 34 heavy (non-hydrogen) atoms. The Morgan fingerprint density at radius 2 is 1.56 bits per heavy atom. The molecule has 0 spiro atoms. The van der Waals surface area contributed by atoms with Crippen LogP contribution < -0.4 is 4.90 Å². The lowest BCUT2D eigenvalue weighted by Crippen LogP contribution is -2.31. The highest BCUT2D eigenvalue weighted by molar-refractivity contribution is 6.08. The number of hydrogen-bond donors (Lipinski definition) is 0. The lowest BCUT2D eigenvalue weighted by atomic mass is 9.66. The van der Waals surface area contributed by atoms with E-state index in [9.17, 15) is 4.79 Å². The quantitative estimate of drug-likeness (QED) is 0.305. The molecule has 0 aliphatic heterocycles. The van der Waals surface area contributed by atoms with Gasteiger partial charge >= 0.3 is 0 Å². The van der Waals surface area contributed by atoms with Gasteiger partial charge in [0, 0.05) is 47.8 Å². The Balaban J connectivity index is 1.68. The van der Waals surface area contributed by atoms with E-state index in [0.717, 1.165) is 42.6 Å². The second-order valence-corrected chi connectivity index (χ2v) is 8.88. The summed E-state index contributed by atoms with van der Waals surface area (Å²) in [4.78, 5) is 14.6. The van der Waals surface area contributed by atoms with Crippen LogP contribution in [0, 0.1) is 0 Å². The molecule has 0 saturated carbocycles. The highest BCUT2D eigenvalue weighted by Gasteiger charge is 2.37. The first kappa shape index (κ1) is 22.0. The van der Waals surface area contributed by atoms with E-state index in [2.05, 4.69) is 115 Å². The second-order valence-electron chi connectivity index (χ2n) is 8.88. The predicted octanol–water partition coefficient (Wildman–Crippen LogP) is 6.45. The third-order valence-electron chi connectivity index (χ3n) is 7.10. The van der Waals surface area contributed by atoms with Crippen molar-refractivity contribution in [2.75, 3.05) is 18.0 Å². The number of anilines is 1. The van der Waals surface area contributed by atoms with Crippen molar-refractivity contribution in [3.05, 3.63) is 126 Å². The zero-order chi connectivity index (χ0) is 23.5. The molecule has 5 rings (SSSR count). The molecule has 0 bridgehead atoms. The van der Waals surface area contributed by atoms with Gasteiger partial charge in [0.15, 0.2) is 0 Å². The van der Waals surface area contributed by atoms with Crippen molar-refractivity contribution >= 4 is 17.5 Å². The Hall–Kier alpha value is -3.85. The van der Waals surface area contributed by atoms with Crippen LogP contribution in [0.4, 0.5) is 5.69 Å². The molecule has 4 aromatic rings.